The Kier molecular flexibility index (Phi) is 8.21. The predicted octanol–water partition coefficient (Wildman–Crippen LogP) is 5.44. The highest BCUT2D eigenvalue weighted by Gasteiger charge is 2.21. The van der Waals surface area contributed by atoms with Gasteiger partial charge in [-0.05, 0) is 51.1 Å². The van der Waals surface area contributed by atoms with E-state index in [2.05, 4.69) is 22.1 Å². The smallest absolute Gasteiger partial charge is 0.0642 e. The van der Waals surface area contributed by atoms with Crippen molar-refractivity contribution in [3.8, 4) is 0 Å². The molecule has 0 aromatic rings. The summed E-state index contributed by atoms with van der Waals surface area (Å²) in [5.41, 5.74) is 3.29. The molecule has 3 nitrogen and oxygen atoms in total. The topological polar surface area (TPSA) is 15.7 Å². The van der Waals surface area contributed by atoms with Crippen molar-refractivity contribution in [2.45, 2.75) is 83.5 Å². The van der Waals surface area contributed by atoms with Gasteiger partial charge in [0.25, 0.3) is 0 Å². The minimum Gasteiger partial charge on any atom is -0.378 e. The van der Waals surface area contributed by atoms with E-state index in [1.165, 1.54) is 90.0 Å². The number of morpholine rings is 1. The summed E-state index contributed by atoms with van der Waals surface area (Å²) in [6.07, 6.45) is 22.5. The summed E-state index contributed by atoms with van der Waals surface area (Å²) in [4.78, 5) is 5.27. The number of nitrogens with zero attached hydrogens (tertiary/aromatic N) is 2. The van der Waals surface area contributed by atoms with Crippen LogP contribution in [0, 0.1) is 0 Å². The van der Waals surface area contributed by atoms with Gasteiger partial charge in [0, 0.05) is 31.0 Å². The van der Waals surface area contributed by atoms with Crippen molar-refractivity contribution >= 4 is 0 Å². The Bertz CT molecular complexity index is 437. The summed E-state index contributed by atoms with van der Waals surface area (Å²) in [6, 6.07) is 0. The fourth-order valence-electron chi connectivity index (χ4n) is 4.46. The molecule has 0 radical (unpaired) electrons. The van der Waals surface area contributed by atoms with Gasteiger partial charge in [-0.3, -0.25) is 0 Å². The molecule has 0 N–H and O–H groups in total. The first-order chi connectivity index (χ1) is 12.4. The van der Waals surface area contributed by atoms with Crippen LogP contribution in [0.4, 0.5) is 0 Å². The molecule has 2 aliphatic heterocycles. The Morgan fingerprint density at radius 2 is 1.28 bits per heavy atom. The molecule has 3 heteroatoms. The highest BCUT2D eigenvalue weighted by Crippen LogP contribution is 2.29. The maximum Gasteiger partial charge on any atom is 0.0642 e. The molecule has 0 aromatic carbocycles. The third-order valence-electron chi connectivity index (χ3n) is 5.95. The largest absolute Gasteiger partial charge is 0.378 e. The summed E-state index contributed by atoms with van der Waals surface area (Å²) < 4.78 is 5.64. The van der Waals surface area contributed by atoms with Crippen molar-refractivity contribution in [1.29, 1.82) is 0 Å². The van der Waals surface area contributed by atoms with Gasteiger partial charge >= 0.3 is 0 Å². The summed E-state index contributed by atoms with van der Waals surface area (Å²) >= 11 is 0. The van der Waals surface area contributed by atoms with Gasteiger partial charge in [0.1, 0.15) is 0 Å². The van der Waals surface area contributed by atoms with Crippen LogP contribution in [0.25, 0.3) is 0 Å². The Morgan fingerprint density at radius 3 is 2.00 bits per heavy atom. The van der Waals surface area contributed by atoms with Crippen LogP contribution < -0.4 is 0 Å². The van der Waals surface area contributed by atoms with Crippen molar-refractivity contribution in [1.82, 2.24) is 9.80 Å². The first-order valence-corrected chi connectivity index (χ1v) is 10.9. The van der Waals surface area contributed by atoms with E-state index < -0.39 is 0 Å². The molecule has 142 valence electrons. The van der Waals surface area contributed by atoms with Crippen molar-refractivity contribution in [2.24, 2.45) is 0 Å². The number of rotatable bonds is 2. The third kappa shape index (κ3) is 6.06. The minimum atomic E-state index is 0.895. The Hall–Kier alpha value is -0.960. The van der Waals surface area contributed by atoms with Gasteiger partial charge in [0.2, 0.25) is 0 Å². The fourth-order valence-corrected chi connectivity index (χ4v) is 4.46. The van der Waals surface area contributed by atoms with Crippen LogP contribution in [0.3, 0.4) is 0 Å². The predicted molar refractivity (Wildman–Crippen MR) is 105 cm³/mol. The number of hydrogen-bond donors (Lipinski definition) is 0. The van der Waals surface area contributed by atoms with Gasteiger partial charge in [-0.2, -0.15) is 0 Å². The minimum absolute atomic E-state index is 0.895. The van der Waals surface area contributed by atoms with Gasteiger partial charge < -0.3 is 14.5 Å². The lowest BCUT2D eigenvalue weighted by Crippen LogP contribution is -2.37. The molecule has 0 saturated carbocycles. The van der Waals surface area contributed by atoms with E-state index in [9.17, 15) is 0 Å². The summed E-state index contributed by atoms with van der Waals surface area (Å²) in [5, 5.41) is 0. The van der Waals surface area contributed by atoms with Crippen molar-refractivity contribution in [3.05, 3.63) is 23.7 Å². The van der Waals surface area contributed by atoms with Crippen LogP contribution in [0.2, 0.25) is 0 Å². The maximum absolute atomic E-state index is 5.64. The molecule has 2 heterocycles. The molecule has 0 bridgehead atoms. The Morgan fingerprint density at radius 1 is 0.640 bits per heavy atom. The normalized spacial score (nSPS) is 28.2. The molecule has 0 amide bonds. The lowest BCUT2D eigenvalue weighted by atomic mass is 10.00. The van der Waals surface area contributed by atoms with Gasteiger partial charge in [-0.15, -0.1) is 0 Å². The van der Waals surface area contributed by atoms with Crippen molar-refractivity contribution < 1.29 is 4.74 Å². The molecular formula is C22H38N2O. The first kappa shape index (κ1) is 18.8. The molecule has 0 unspecified atom stereocenters. The zero-order chi connectivity index (χ0) is 17.2. The van der Waals surface area contributed by atoms with Crippen LogP contribution in [0.15, 0.2) is 23.7 Å². The van der Waals surface area contributed by atoms with Crippen LogP contribution in [0.1, 0.15) is 83.5 Å². The summed E-state index contributed by atoms with van der Waals surface area (Å²) in [6.45, 7) is 5.16. The van der Waals surface area contributed by atoms with Crippen LogP contribution in [0.5, 0.6) is 0 Å². The molecule has 1 aliphatic carbocycles. The van der Waals surface area contributed by atoms with Crippen LogP contribution >= 0.6 is 0 Å². The second-order valence-corrected chi connectivity index (χ2v) is 7.90. The van der Waals surface area contributed by atoms with E-state index in [1.807, 2.05) is 0 Å². The van der Waals surface area contributed by atoms with E-state index in [1.54, 1.807) is 11.4 Å². The zero-order valence-corrected chi connectivity index (χ0v) is 16.2. The third-order valence-corrected chi connectivity index (χ3v) is 5.95. The van der Waals surface area contributed by atoms with Crippen molar-refractivity contribution in [2.75, 3.05) is 32.8 Å². The number of ether oxygens (including phenoxy) is 1. The molecule has 1 fully saturated rings. The monoisotopic (exact) mass is 346 g/mol. The molecule has 3 rings (SSSR count). The van der Waals surface area contributed by atoms with Gasteiger partial charge in [-0.25, -0.2) is 0 Å². The quantitative estimate of drug-likeness (QED) is 0.662. The molecular weight excluding hydrogens is 308 g/mol. The van der Waals surface area contributed by atoms with Gasteiger partial charge in [0.05, 0.1) is 13.2 Å². The lowest BCUT2D eigenvalue weighted by Gasteiger charge is -2.36. The van der Waals surface area contributed by atoms with E-state index in [0.717, 1.165) is 26.3 Å². The molecule has 0 spiro atoms. The molecule has 1 saturated heterocycles. The standard InChI is InChI=1S/C22H38N2O/c1-2-4-6-10-14-22(24-17-19-25-20-18-24)21(13-9-5-3-1)23-15-11-7-8-12-16-23/h11,15H,1-10,12-14,16-20H2/b22-21-. The fraction of sp³-hybridized carbons (Fsp3) is 0.818. The van der Waals surface area contributed by atoms with E-state index in [4.69, 9.17) is 4.74 Å². The van der Waals surface area contributed by atoms with Gasteiger partial charge in [0.15, 0.2) is 0 Å². The first-order valence-electron chi connectivity index (χ1n) is 10.9. The zero-order valence-electron chi connectivity index (χ0n) is 16.2. The van der Waals surface area contributed by atoms with Crippen molar-refractivity contribution in [3.63, 3.8) is 0 Å². The summed E-state index contributed by atoms with van der Waals surface area (Å²) in [7, 11) is 0. The second-order valence-electron chi connectivity index (χ2n) is 7.90. The molecule has 25 heavy (non-hydrogen) atoms. The van der Waals surface area contributed by atoms with Crippen LogP contribution in [-0.2, 0) is 4.74 Å². The van der Waals surface area contributed by atoms with Gasteiger partial charge in [-0.1, -0.05) is 44.6 Å². The average molecular weight is 347 g/mol. The molecule has 0 atom stereocenters. The van der Waals surface area contributed by atoms with Crippen LogP contribution in [-0.4, -0.2) is 42.6 Å². The van der Waals surface area contributed by atoms with E-state index in [0.29, 0.717) is 0 Å². The molecule has 3 aliphatic rings. The summed E-state index contributed by atoms with van der Waals surface area (Å²) in [5.74, 6) is 0. The number of allylic oxidation sites excluding steroid dienone is 3. The highest BCUT2D eigenvalue weighted by atomic mass is 16.5. The van der Waals surface area contributed by atoms with E-state index >= 15 is 0 Å². The maximum atomic E-state index is 5.64. The Balaban J connectivity index is 1.83. The number of hydrogen-bond acceptors (Lipinski definition) is 3. The lowest BCUT2D eigenvalue weighted by molar-refractivity contribution is 0.0501. The average Bonchev–Trinajstić information content (AvgIpc) is 2.92. The SMILES string of the molecule is C1=CN(/C2=C(\N3CCOCC3)CCCCCCCCCC2)CCCC1. The Labute approximate surface area is 155 Å². The van der Waals surface area contributed by atoms with E-state index in [-0.39, 0.29) is 0 Å². The highest BCUT2D eigenvalue weighted by molar-refractivity contribution is 5.17. The molecule has 0 aromatic heterocycles. The second kappa shape index (κ2) is 10.9.